The topological polar surface area (TPSA) is 40.5 Å². The van der Waals surface area contributed by atoms with Crippen molar-refractivity contribution in [2.45, 2.75) is 106 Å². The Morgan fingerprint density at radius 3 is 0.844 bits per heavy atom. The molecule has 0 aliphatic carbocycles. The highest BCUT2D eigenvalue weighted by Gasteiger charge is 1.95. The standard InChI is InChI=1S/C30H50O2/c1-25(15-9-17-27(3)19-11-21-29(5)23-31)13-7-8-14-26(2)16-10-18-28(4)20-12-22-30(6)24-32/h13-14,17-18,21-22,31-32H,7-12,15-16,19-20,23-24H2,1-6H3/b25-13+,26-14+,27-17+,28-18+,29-21+,30-22+. The Labute approximate surface area is 199 Å². The maximum atomic E-state index is 9.02. The van der Waals surface area contributed by atoms with Gasteiger partial charge in [0.1, 0.15) is 0 Å². The molecule has 0 saturated carbocycles. The fourth-order valence-electron chi connectivity index (χ4n) is 3.38. The van der Waals surface area contributed by atoms with Gasteiger partial charge in [-0.2, -0.15) is 0 Å². The van der Waals surface area contributed by atoms with E-state index in [2.05, 4.69) is 64.2 Å². The number of hydrogen-bond acceptors (Lipinski definition) is 2. The van der Waals surface area contributed by atoms with Crippen LogP contribution in [0, 0.1) is 0 Å². The molecule has 0 aromatic carbocycles. The molecular formula is C30H50O2. The molecule has 0 spiro atoms. The number of unbranched alkanes of at least 4 members (excludes halogenated alkanes) is 1. The van der Waals surface area contributed by atoms with Crippen LogP contribution in [0.4, 0.5) is 0 Å². The second-order valence-corrected chi connectivity index (χ2v) is 9.35. The second-order valence-electron chi connectivity index (χ2n) is 9.35. The molecule has 0 bridgehead atoms. The summed E-state index contributed by atoms with van der Waals surface area (Å²) >= 11 is 0. The second kappa shape index (κ2) is 20.0. The van der Waals surface area contributed by atoms with E-state index in [4.69, 9.17) is 10.2 Å². The van der Waals surface area contributed by atoms with Crippen molar-refractivity contribution in [2.24, 2.45) is 0 Å². The van der Waals surface area contributed by atoms with Crippen molar-refractivity contribution in [3.63, 3.8) is 0 Å². The third-order valence-corrected chi connectivity index (χ3v) is 5.78. The first kappa shape index (κ1) is 30.4. The minimum absolute atomic E-state index is 0.169. The molecule has 2 N–H and O–H groups in total. The highest BCUT2D eigenvalue weighted by molar-refractivity contribution is 5.08. The van der Waals surface area contributed by atoms with Crippen LogP contribution in [0.1, 0.15) is 106 Å². The van der Waals surface area contributed by atoms with Crippen LogP contribution in [0.2, 0.25) is 0 Å². The predicted octanol–water partition coefficient (Wildman–Crippen LogP) is 8.55. The smallest absolute Gasteiger partial charge is 0.0639 e. The quantitative estimate of drug-likeness (QED) is 0.175. The van der Waals surface area contributed by atoms with Crippen molar-refractivity contribution in [2.75, 3.05) is 13.2 Å². The number of aliphatic hydroxyl groups excluding tert-OH is 2. The van der Waals surface area contributed by atoms with Crippen molar-refractivity contribution >= 4 is 0 Å². The SMILES string of the molecule is C/C(=C\CC/C(C)=C/CC/C(C)=C/CC/C=C(\C)CC/C=C(\C)CC/C=C(\C)CO)CO. The summed E-state index contributed by atoms with van der Waals surface area (Å²) in [6, 6.07) is 0. The molecule has 2 heteroatoms. The van der Waals surface area contributed by atoms with Crippen molar-refractivity contribution in [3.05, 3.63) is 69.9 Å². The van der Waals surface area contributed by atoms with Crippen molar-refractivity contribution in [1.29, 1.82) is 0 Å². The van der Waals surface area contributed by atoms with Gasteiger partial charge in [0.05, 0.1) is 13.2 Å². The van der Waals surface area contributed by atoms with Gasteiger partial charge >= 0.3 is 0 Å². The zero-order valence-electron chi connectivity index (χ0n) is 21.8. The molecule has 182 valence electrons. The van der Waals surface area contributed by atoms with Crippen molar-refractivity contribution < 1.29 is 10.2 Å². The Bertz CT molecular complexity index is 624. The lowest BCUT2D eigenvalue weighted by molar-refractivity contribution is 0.330. The molecule has 32 heavy (non-hydrogen) atoms. The monoisotopic (exact) mass is 442 g/mol. The van der Waals surface area contributed by atoms with E-state index < -0.39 is 0 Å². The average Bonchev–Trinajstić information content (AvgIpc) is 2.76. The summed E-state index contributed by atoms with van der Waals surface area (Å²) in [7, 11) is 0. The van der Waals surface area contributed by atoms with E-state index in [0.717, 1.165) is 75.4 Å². The highest BCUT2D eigenvalue weighted by atomic mass is 16.3. The Kier molecular flexibility index (Phi) is 19.0. The van der Waals surface area contributed by atoms with Gasteiger partial charge < -0.3 is 10.2 Å². The van der Waals surface area contributed by atoms with E-state index in [1.807, 2.05) is 13.8 Å². The van der Waals surface area contributed by atoms with Gasteiger partial charge in [-0.05, 0) is 106 Å². The predicted molar refractivity (Wildman–Crippen MR) is 143 cm³/mol. The minimum atomic E-state index is 0.169. The van der Waals surface area contributed by atoms with Gasteiger partial charge in [-0.25, -0.2) is 0 Å². The number of rotatable bonds is 17. The van der Waals surface area contributed by atoms with Crippen LogP contribution in [0.15, 0.2) is 69.9 Å². The summed E-state index contributed by atoms with van der Waals surface area (Å²) in [6.45, 7) is 13.2. The summed E-state index contributed by atoms with van der Waals surface area (Å²) in [5.41, 5.74) is 7.98. The molecule has 0 aliphatic heterocycles. The van der Waals surface area contributed by atoms with E-state index >= 15 is 0 Å². The molecule has 0 saturated heterocycles. The molecule has 0 atom stereocenters. The molecule has 0 unspecified atom stereocenters. The van der Waals surface area contributed by atoms with Gasteiger partial charge in [-0.3, -0.25) is 0 Å². The van der Waals surface area contributed by atoms with Crippen LogP contribution in [-0.2, 0) is 0 Å². The van der Waals surface area contributed by atoms with E-state index in [1.54, 1.807) is 0 Å². The fourth-order valence-corrected chi connectivity index (χ4v) is 3.38. The molecule has 0 aromatic heterocycles. The molecule has 0 radical (unpaired) electrons. The van der Waals surface area contributed by atoms with Crippen LogP contribution in [0.25, 0.3) is 0 Å². The highest BCUT2D eigenvalue weighted by Crippen LogP contribution is 2.14. The molecule has 2 nitrogen and oxygen atoms in total. The molecule has 0 heterocycles. The Balaban J connectivity index is 4.08. The third kappa shape index (κ3) is 19.1. The van der Waals surface area contributed by atoms with Crippen molar-refractivity contribution in [3.8, 4) is 0 Å². The van der Waals surface area contributed by atoms with Crippen LogP contribution >= 0.6 is 0 Å². The van der Waals surface area contributed by atoms with Gasteiger partial charge in [-0.15, -0.1) is 0 Å². The average molecular weight is 443 g/mol. The zero-order chi connectivity index (χ0) is 24.2. The Morgan fingerprint density at radius 1 is 0.375 bits per heavy atom. The number of allylic oxidation sites excluding steroid dienone is 10. The van der Waals surface area contributed by atoms with E-state index in [0.29, 0.717) is 0 Å². The normalized spacial score (nSPS) is 15.0. The first-order chi connectivity index (χ1) is 15.3. The van der Waals surface area contributed by atoms with E-state index in [-0.39, 0.29) is 13.2 Å². The molecule has 0 fully saturated rings. The summed E-state index contributed by atoms with van der Waals surface area (Å²) in [5, 5.41) is 18.0. The number of aliphatic hydroxyl groups is 2. The Morgan fingerprint density at radius 2 is 0.594 bits per heavy atom. The maximum absolute atomic E-state index is 9.02. The van der Waals surface area contributed by atoms with Gasteiger partial charge in [0.15, 0.2) is 0 Å². The number of hydrogen-bond donors (Lipinski definition) is 2. The molecular weight excluding hydrogens is 392 g/mol. The van der Waals surface area contributed by atoms with E-state index in [1.165, 1.54) is 22.3 Å². The molecule has 0 rings (SSSR count). The first-order valence-electron chi connectivity index (χ1n) is 12.4. The summed E-state index contributed by atoms with van der Waals surface area (Å²) < 4.78 is 0. The van der Waals surface area contributed by atoms with Crippen LogP contribution < -0.4 is 0 Å². The van der Waals surface area contributed by atoms with Gasteiger partial charge in [-0.1, -0.05) is 69.9 Å². The van der Waals surface area contributed by atoms with Crippen LogP contribution in [0.5, 0.6) is 0 Å². The maximum Gasteiger partial charge on any atom is 0.0639 e. The Hall–Kier alpha value is -1.64. The molecule has 0 aromatic rings. The largest absolute Gasteiger partial charge is 0.392 e. The fraction of sp³-hybridized carbons (Fsp3) is 0.600. The lowest BCUT2D eigenvalue weighted by atomic mass is 10.0. The lowest BCUT2D eigenvalue weighted by Gasteiger charge is -2.03. The van der Waals surface area contributed by atoms with E-state index in [9.17, 15) is 0 Å². The molecule has 0 amide bonds. The summed E-state index contributed by atoms with van der Waals surface area (Å²) in [5.74, 6) is 0. The zero-order valence-corrected chi connectivity index (χ0v) is 21.8. The van der Waals surface area contributed by atoms with Crippen molar-refractivity contribution in [1.82, 2.24) is 0 Å². The van der Waals surface area contributed by atoms with Gasteiger partial charge in [0, 0.05) is 0 Å². The third-order valence-electron chi connectivity index (χ3n) is 5.78. The van der Waals surface area contributed by atoms with Gasteiger partial charge in [0.2, 0.25) is 0 Å². The van der Waals surface area contributed by atoms with Crippen LogP contribution in [0.3, 0.4) is 0 Å². The van der Waals surface area contributed by atoms with Gasteiger partial charge in [0.25, 0.3) is 0 Å². The first-order valence-corrected chi connectivity index (χ1v) is 12.4. The summed E-state index contributed by atoms with van der Waals surface area (Å²) in [6.07, 6.45) is 24.8. The minimum Gasteiger partial charge on any atom is -0.392 e. The van der Waals surface area contributed by atoms with Crippen LogP contribution in [-0.4, -0.2) is 23.4 Å². The summed E-state index contributed by atoms with van der Waals surface area (Å²) in [4.78, 5) is 0. The molecule has 0 aliphatic rings. The lowest BCUT2D eigenvalue weighted by Crippen LogP contribution is -1.85.